The average Bonchev–Trinajstić information content (AvgIpc) is 2.60. The van der Waals surface area contributed by atoms with E-state index in [0.29, 0.717) is 5.56 Å². The minimum absolute atomic E-state index is 0.136. The molecule has 1 amide bonds. The largest absolute Gasteiger partial charge is 0.452 e. The summed E-state index contributed by atoms with van der Waals surface area (Å²) in [6.45, 7) is 1.59. The van der Waals surface area contributed by atoms with Gasteiger partial charge in [0.2, 0.25) is 0 Å². The van der Waals surface area contributed by atoms with Gasteiger partial charge in [0.1, 0.15) is 0 Å². The molecule has 0 radical (unpaired) electrons. The van der Waals surface area contributed by atoms with Gasteiger partial charge in [0.15, 0.2) is 6.61 Å². The van der Waals surface area contributed by atoms with Crippen LogP contribution in [0.15, 0.2) is 59.5 Å². The first-order valence-corrected chi connectivity index (χ1v) is 8.48. The molecule has 1 N–H and O–H groups in total. The molecule has 5 heteroatoms. The first kappa shape index (κ1) is 17.1. The maximum atomic E-state index is 11.9. The molecule has 0 fully saturated rings. The minimum atomic E-state index is -0.500. The summed E-state index contributed by atoms with van der Waals surface area (Å²) >= 11 is 1.60. The summed E-state index contributed by atoms with van der Waals surface area (Å²) in [6, 6.07) is 16.6. The van der Waals surface area contributed by atoms with Crippen molar-refractivity contribution in [3.05, 3.63) is 65.7 Å². The monoisotopic (exact) mass is 329 g/mol. The fourth-order valence-electron chi connectivity index (χ4n) is 2.05. The van der Waals surface area contributed by atoms with Crippen molar-refractivity contribution in [3.8, 4) is 0 Å². The van der Waals surface area contributed by atoms with Crippen LogP contribution in [0.3, 0.4) is 0 Å². The number of carbonyl (C=O) groups excluding carboxylic acids is 2. The lowest BCUT2D eigenvalue weighted by molar-refractivity contribution is -0.124. The van der Waals surface area contributed by atoms with Gasteiger partial charge in [0.25, 0.3) is 5.91 Å². The Hall–Kier alpha value is -2.27. The maximum absolute atomic E-state index is 11.9. The topological polar surface area (TPSA) is 55.4 Å². The van der Waals surface area contributed by atoms with Crippen molar-refractivity contribution >= 4 is 23.6 Å². The number of ether oxygens (including phenoxy) is 1. The van der Waals surface area contributed by atoms with Crippen molar-refractivity contribution in [2.75, 3.05) is 12.9 Å². The summed E-state index contributed by atoms with van der Waals surface area (Å²) in [6.07, 6.45) is 1.96. The summed E-state index contributed by atoms with van der Waals surface area (Å²) < 4.78 is 5.04. The summed E-state index contributed by atoms with van der Waals surface area (Å²) in [5.41, 5.74) is 1.44. The van der Waals surface area contributed by atoms with Gasteiger partial charge in [-0.2, -0.15) is 0 Å². The van der Waals surface area contributed by atoms with Gasteiger partial charge in [-0.3, -0.25) is 4.79 Å². The number of amides is 1. The maximum Gasteiger partial charge on any atom is 0.338 e. The standard InChI is InChI=1S/C18H19NO3S/c1-13(14-6-4-3-5-7-14)19-17(20)12-22-18(21)15-8-10-16(23-2)11-9-15/h3-11,13H,12H2,1-2H3,(H,19,20). The Kier molecular flexibility index (Phi) is 6.23. The predicted molar refractivity (Wildman–Crippen MR) is 91.5 cm³/mol. The molecule has 0 bridgehead atoms. The van der Waals surface area contributed by atoms with Crippen LogP contribution in [0.4, 0.5) is 0 Å². The van der Waals surface area contributed by atoms with E-state index in [2.05, 4.69) is 5.32 Å². The van der Waals surface area contributed by atoms with Crippen LogP contribution < -0.4 is 5.32 Å². The number of hydrogen-bond acceptors (Lipinski definition) is 4. The molecule has 0 aliphatic carbocycles. The molecule has 120 valence electrons. The molecule has 0 aromatic heterocycles. The number of esters is 1. The van der Waals surface area contributed by atoms with Crippen molar-refractivity contribution < 1.29 is 14.3 Å². The number of thioether (sulfide) groups is 1. The molecule has 1 atom stereocenters. The van der Waals surface area contributed by atoms with E-state index in [4.69, 9.17) is 4.74 Å². The summed E-state index contributed by atoms with van der Waals surface area (Å²) in [4.78, 5) is 24.8. The van der Waals surface area contributed by atoms with Gasteiger partial charge in [0.05, 0.1) is 11.6 Å². The summed E-state index contributed by atoms with van der Waals surface area (Å²) in [5, 5.41) is 2.80. The Morgan fingerprint density at radius 1 is 1.09 bits per heavy atom. The summed E-state index contributed by atoms with van der Waals surface area (Å²) in [7, 11) is 0. The molecule has 23 heavy (non-hydrogen) atoms. The molecular weight excluding hydrogens is 310 g/mol. The number of hydrogen-bond donors (Lipinski definition) is 1. The number of benzene rings is 2. The highest BCUT2D eigenvalue weighted by molar-refractivity contribution is 7.98. The number of nitrogens with one attached hydrogen (secondary N) is 1. The zero-order valence-corrected chi connectivity index (χ0v) is 13.9. The van der Waals surface area contributed by atoms with E-state index in [1.165, 1.54) is 0 Å². The molecule has 0 aliphatic heterocycles. The van der Waals surface area contributed by atoms with Gasteiger partial charge in [0, 0.05) is 4.90 Å². The number of carbonyl (C=O) groups is 2. The molecule has 2 rings (SSSR count). The van der Waals surface area contributed by atoms with Crippen LogP contribution in [0.25, 0.3) is 0 Å². The molecule has 2 aromatic rings. The van der Waals surface area contributed by atoms with Crippen molar-refractivity contribution in [2.45, 2.75) is 17.9 Å². The molecule has 0 spiro atoms. The molecule has 2 aromatic carbocycles. The van der Waals surface area contributed by atoms with Crippen LogP contribution in [-0.2, 0) is 9.53 Å². The molecule has 1 unspecified atom stereocenters. The van der Waals surface area contributed by atoms with Crippen molar-refractivity contribution in [1.82, 2.24) is 5.32 Å². The van der Waals surface area contributed by atoms with Gasteiger partial charge in [-0.05, 0) is 43.0 Å². The van der Waals surface area contributed by atoms with E-state index in [1.807, 2.05) is 55.6 Å². The smallest absolute Gasteiger partial charge is 0.338 e. The minimum Gasteiger partial charge on any atom is -0.452 e. The van der Waals surface area contributed by atoms with Crippen LogP contribution in [0.2, 0.25) is 0 Å². The Morgan fingerprint density at radius 3 is 2.35 bits per heavy atom. The SMILES string of the molecule is CSc1ccc(C(=O)OCC(=O)NC(C)c2ccccc2)cc1. The van der Waals surface area contributed by atoms with E-state index >= 15 is 0 Å². The lowest BCUT2D eigenvalue weighted by Crippen LogP contribution is -2.31. The van der Waals surface area contributed by atoms with Crippen LogP contribution in [-0.4, -0.2) is 24.7 Å². The van der Waals surface area contributed by atoms with E-state index in [1.54, 1.807) is 23.9 Å². The van der Waals surface area contributed by atoms with Gasteiger partial charge in [-0.25, -0.2) is 4.79 Å². The molecule has 0 heterocycles. The van der Waals surface area contributed by atoms with E-state index in [9.17, 15) is 9.59 Å². The predicted octanol–water partition coefficient (Wildman–Crippen LogP) is 3.44. The second-order valence-corrected chi connectivity index (χ2v) is 5.88. The molecule has 0 saturated carbocycles. The Morgan fingerprint density at radius 2 is 1.74 bits per heavy atom. The van der Waals surface area contributed by atoms with Crippen LogP contribution >= 0.6 is 11.8 Å². The second-order valence-electron chi connectivity index (χ2n) is 5.00. The first-order chi connectivity index (χ1) is 11.1. The van der Waals surface area contributed by atoms with E-state index in [0.717, 1.165) is 10.5 Å². The first-order valence-electron chi connectivity index (χ1n) is 7.25. The van der Waals surface area contributed by atoms with Crippen molar-refractivity contribution in [2.24, 2.45) is 0 Å². The quantitative estimate of drug-likeness (QED) is 0.651. The molecule has 0 saturated heterocycles. The third-order valence-electron chi connectivity index (χ3n) is 3.34. The van der Waals surface area contributed by atoms with Crippen LogP contribution in [0, 0.1) is 0 Å². The normalized spacial score (nSPS) is 11.6. The lowest BCUT2D eigenvalue weighted by atomic mass is 10.1. The Bertz CT molecular complexity index is 656. The fraction of sp³-hybridized carbons (Fsp3) is 0.222. The summed E-state index contributed by atoms with van der Waals surface area (Å²) in [5.74, 6) is -0.824. The molecular formula is C18H19NO3S. The van der Waals surface area contributed by atoms with Crippen molar-refractivity contribution in [3.63, 3.8) is 0 Å². The third kappa shape index (κ3) is 5.14. The van der Waals surface area contributed by atoms with Crippen LogP contribution in [0.5, 0.6) is 0 Å². The number of rotatable bonds is 6. The Balaban J connectivity index is 1.82. The average molecular weight is 329 g/mol. The molecule has 4 nitrogen and oxygen atoms in total. The zero-order valence-electron chi connectivity index (χ0n) is 13.1. The highest BCUT2D eigenvalue weighted by Gasteiger charge is 2.13. The Labute approximate surface area is 140 Å². The van der Waals surface area contributed by atoms with E-state index in [-0.39, 0.29) is 18.6 Å². The fourth-order valence-corrected chi connectivity index (χ4v) is 2.46. The van der Waals surface area contributed by atoms with Crippen LogP contribution in [0.1, 0.15) is 28.9 Å². The highest BCUT2D eigenvalue weighted by atomic mass is 32.2. The molecule has 0 aliphatic rings. The van der Waals surface area contributed by atoms with Gasteiger partial charge < -0.3 is 10.1 Å². The zero-order chi connectivity index (χ0) is 16.7. The lowest BCUT2D eigenvalue weighted by Gasteiger charge is -2.14. The van der Waals surface area contributed by atoms with E-state index < -0.39 is 5.97 Å². The van der Waals surface area contributed by atoms with Gasteiger partial charge >= 0.3 is 5.97 Å². The van der Waals surface area contributed by atoms with Crippen molar-refractivity contribution in [1.29, 1.82) is 0 Å². The highest BCUT2D eigenvalue weighted by Crippen LogP contribution is 2.15. The van der Waals surface area contributed by atoms with Gasteiger partial charge in [-0.15, -0.1) is 11.8 Å². The third-order valence-corrected chi connectivity index (χ3v) is 4.08. The van der Waals surface area contributed by atoms with Gasteiger partial charge in [-0.1, -0.05) is 30.3 Å². The second kappa shape index (κ2) is 8.39.